The van der Waals surface area contributed by atoms with Crippen LogP contribution in [0.2, 0.25) is 0 Å². The molecule has 1 aromatic carbocycles. The Morgan fingerprint density at radius 2 is 2.25 bits per heavy atom. The van der Waals surface area contributed by atoms with Crippen molar-refractivity contribution in [1.82, 2.24) is 4.90 Å². The zero-order valence-electron chi connectivity index (χ0n) is 12.6. The van der Waals surface area contributed by atoms with E-state index in [0.717, 1.165) is 31.7 Å². The number of carbonyl (C=O) groups excluding carboxylic acids is 1. The quantitative estimate of drug-likeness (QED) is 0.746. The number of hydrogen-bond acceptors (Lipinski definition) is 3. The summed E-state index contributed by atoms with van der Waals surface area (Å²) in [5.74, 6) is 0.140. The number of piperidine rings is 1. The maximum Gasteiger partial charge on any atom is 0.159 e. The summed E-state index contributed by atoms with van der Waals surface area (Å²) in [5, 5.41) is 0. The Labute approximate surface area is 121 Å². The summed E-state index contributed by atoms with van der Waals surface area (Å²) >= 11 is 0. The molecular weight excluding hydrogens is 250 g/mol. The van der Waals surface area contributed by atoms with Gasteiger partial charge in [0.1, 0.15) is 0 Å². The molecule has 1 atom stereocenters. The third kappa shape index (κ3) is 4.15. The Hall–Kier alpha value is -1.19. The summed E-state index contributed by atoms with van der Waals surface area (Å²) in [6, 6.07) is 8.65. The van der Waals surface area contributed by atoms with Crippen molar-refractivity contribution >= 4 is 5.78 Å². The number of ketones is 1. The molecule has 1 saturated heterocycles. The normalized spacial score (nSPS) is 20.0. The fourth-order valence-corrected chi connectivity index (χ4v) is 2.97. The van der Waals surface area contributed by atoms with E-state index in [-0.39, 0.29) is 5.78 Å². The highest BCUT2D eigenvalue weighted by Crippen LogP contribution is 2.22. The monoisotopic (exact) mass is 275 g/mol. The van der Waals surface area contributed by atoms with Gasteiger partial charge < -0.3 is 4.74 Å². The summed E-state index contributed by atoms with van der Waals surface area (Å²) < 4.78 is 5.22. The number of rotatable bonds is 6. The van der Waals surface area contributed by atoms with Gasteiger partial charge in [0, 0.05) is 31.9 Å². The van der Waals surface area contributed by atoms with E-state index in [9.17, 15) is 4.79 Å². The first-order valence-electron chi connectivity index (χ1n) is 7.53. The number of ether oxygens (including phenoxy) is 1. The van der Waals surface area contributed by atoms with Gasteiger partial charge in [-0.3, -0.25) is 9.69 Å². The second-order valence-electron chi connectivity index (χ2n) is 5.66. The number of Topliss-reactive ketones (excluding diaryl/α,β-unsaturated/α-hetero) is 1. The van der Waals surface area contributed by atoms with Gasteiger partial charge >= 0.3 is 0 Å². The molecule has 0 spiro atoms. The van der Waals surface area contributed by atoms with Gasteiger partial charge in [0.25, 0.3) is 0 Å². The molecule has 2 rings (SSSR count). The molecule has 110 valence electrons. The van der Waals surface area contributed by atoms with Crippen LogP contribution >= 0.6 is 0 Å². The van der Waals surface area contributed by atoms with Crippen LogP contribution in [0.15, 0.2) is 24.3 Å². The van der Waals surface area contributed by atoms with Gasteiger partial charge in [0.15, 0.2) is 5.78 Å². The Balaban J connectivity index is 2.02. The lowest BCUT2D eigenvalue weighted by Crippen LogP contribution is -2.39. The molecular formula is C17H25NO2. The van der Waals surface area contributed by atoms with E-state index >= 15 is 0 Å². The highest BCUT2D eigenvalue weighted by Gasteiger charge is 2.22. The van der Waals surface area contributed by atoms with Crippen molar-refractivity contribution < 1.29 is 9.53 Å². The zero-order valence-corrected chi connectivity index (χ0v) is 12.6. The van der Waals surface area contributed by atoms with E-state index in [0.29, 0.717) is 6.04 Å². The maximum absolute atomic E-state index is 11.5. The van der Waals surface area contributed by atoms with Gasteiger partial charge in [-0.1, -0.05) is 24.6 Å². The van der Waals surface area contributed by atoms with E-state index in [1.165, 1.54) is 24.8 Å². The van der Waals surface area contributed by atoms with E-state index in [2.05, 4.69) is 11.0 Å². The van der Waals surface area contributed by atoms with Gasteiger partial charge in [0.05, 0.1) is 0 Å². The lowest BCUT2D eigenvalue weighted by atomic mass is 9.98. The molecule has 0 aliphatic carbocycles. The first-order valence-corrected chi connectivity index (χ1v) is 7.53. The fourth-order valence-electron chi connectivity index (χ4n) is 2.97. The second kappa shape index (κ2) is 7.55. The minimum Gasteiger partial charge on any atom is -0.385 e. The van der Waals surface area contributed by atoms with E-state index in [1.54, 1.807) is 14.0 Å². The first kappa shape index (κ1) is 15.2. The number of likely N-dealkylation sites (tertiary alicyclic amines) is 1. The van der Waals surface area contributed by atoms with Gasteiger partial charge in [-0.05, 0) is 44.4 Å². The van der Waals surface area contributed by atoms with Crippen molar-refractivity contribution in [2.24, 2.45) is 0 Å². The van der Waals surface area contributed by atoms with Crippen molar-refractivity contribution in [1.29, 1.82) is 0 Å². The van der Waals surface area contributed by atoms with Gasteiger partial charge in [-0.25, -0.2) is 0 Å². The molecule has 1 heterocycles. The lowest BCUT2D eigenvalue weighted by molar-refractivity contribution is 0.0972. The Morgan fingerprint density at radius 3 is 3.00 bits per heavy atom. The molecule has 0 N–H and O–H groups in total. The molecule has 3 nitrogen and oxygen atoms in total. The van der Waals surface area contributed by atoms with Crippen LogP contribution in [0.25, 0.3) is 0 Å². The minimum atomic E-state index is 0.140. The number of carbonyl (C=O) groups is 1. The number of methoxy groups -OCH3 is 1. The van der Waals surface area contributed by atoms with Crippen molar-refractivity contribution in [3.05, 3.63) is 35.4 Å². The maximum atomic E-state index is 11.5. The summed E-state index contributed by atoms with van der Waals surface area (Å²) in [6.45, 7) is 4.55. The van der Waals surface area contributed by atoms with Crippen molar-refractivity contribution in [3.63, 3.8) is 0 Å². The highest BCUT2D eigenvalue weighted by molar-refractivity contribution is 5.94. The van der Waals surface area contributed by atoms with Crippen LogP contribution in [0.5, 0.6) is 0 Å². The van der Waals surface area contributed by atoms with E-state index in [4.69, 9.17) is 4.74 Å². The minimum absolute atomic E-state index is 0.140. The van der Waals surface area contributed by atoms with Crippen LogP contribution in [0.4, 0.5) is 0 Å². The van der Waals surface area contributed by atoms with Crippen LogP contribution in [-0.2, 0) is 11.3 Å². The Kier molecular flexibility index (Phi) is 5.74. The molecule has 0 aromatic heterocycles. The molecule has 0 amide bonds. The first-order chi connectivity index (χ1) is 9.70. The lowest BCUT2D eigenvalue weighted by Gasteiger charge is -2.35. The van der Waals surface area contributed by atoms with Gasteiger partial charge in [-0.15, -0.1) is 0 Å². The summed E-state index contributed by atoms with van der Waals surface area (Å²) in [7, 11) is 1.77. The third-order valence-corrected chi connectivity index (χ3v) is 4.12. The average Bonchev–Trinajstić information content (AvgIpc) is 2.46. The van der Waals surface area contributed by atoms with Gasteiger partial charge in [-0.2, -0.15) is 0 Å². The van der Waals surface area contributed by atoms with E-state index in [1.807, 2.05) is 18.2 Å². The van der Waals surface area contributed by atoms with E-state index < -0.39 is 0 Å². The largest absolute Gasteiger partial charge is 0.385 e. The summed E-state index contributed by atoms with van der Waals surface area (Å²) in [4.78, 5) is 14.0. The molecule has 20 heavy (non-hydrogen) atoms. The fraction of sp³-hybridized carbons (Fsp3) is 0.588. The van der Waals surface area contributed by atoms with Crippen LogP contribution < -0.4 is 0 Å². The van der Waals surface area contributed by atoms with Crippen LogP contribution in [-0.4, -0.2) is 37.0 Å². The van der Waals surface area contributed by atoms with Crippen molar-refractivity contribution in [2.75, 3.05) is 20.3 Å². The molecule has 0 saturated carbocycles. The molecule has 1 aliphatic rings. The van der Waals surface area contributed by atoms with Crippen LogP contribution in [0, 0.1) is 0 Å². The number of nitrogens with zero attached hydrogens (tertiary/aromatic N) is 1. The van der Waals surface area contributed by atoms with Crippen LogP contribution in [0.3, 0.4) is 0 Å². The molecule has 0 radical (unpaired) electrons. The standard InChI is InChI=1S/C17H25NO2/c1-14(19)16-7-5-6-15(12-16)13-18-10-4-3-8-17(18)9-11-20-2/h5-7,12,17H,3-4,8-11,13H2,1-2H3/t17-/m1/s1. The molecule has 1 fully saturated rings. The molecule has 0 unspecified atom stereocenters. The third-order valence-electron chi connectivity index (χ3n) is 4.12. The van der Waals surface area contributed by atoms with Crippen LogP contribution in [0.1, 0.15) is 48.5 Å². The number of benzene rings is 1. The second-order valence-corrected chi connectivity index (χ2v) is 5.66. The highest BCUT2D eigenvalue weighted by atomic mass is 16.5. The zero-order chi connectivity index (χ0) is 14.4. The molecule has 3 heteroatoms. The summed E-state index contributed by atoms with van der Waals surface area (Å²) in [6.07, 6.45) is 4.95. The summed E-state index contributed by atoms with van der Waals surface area (Å²) in [5.41, 5.74) is 2.05. The average molecular weight is 275 g/mol. The topological polar surface area (TPSA) is 29.5 Å². The molecule has 0 bridgehead atoms. The predicted molar refractivity (Wildman–Crippen MR) is 81.0 cm³/mol. The Bertz CT molecular complexity index is 444. The van der Waals surface area contributed by atoms with Crippen molar-refractivity contribution in [3.8, 4) is 0 Å². The van der Waals surface area contributed by atoms with Crippen molar-refractivity contribution in [2.45, 2.75) is 45.2 Å². The van der Waals surface area contributed by atoms with Gasteiger partial charge in [0.2, 0.25) is 0 Å². The predicted octanol–water partition coefficient (Wildman–Crippen LogP) is 3.28. The molecule has 1 aliphatic heterocycles. The Morgan fingerprint density at radius 1 is 1.40 bits per heavy atom. The smallest absolute Gasteiger partial charge is 0.159 e. The number of hydrogen-bond donors (Lipinski definition) is 0. The molecule has 1 aromatic rings. The SMILES string of the molecule is COCC[C@H]1CCCCN1Cc1cccc(C(C)=O)c1.